The number of rotatable bonds is 3. The summed E-state index contributed by atoms with van der Waals surface area (Å²) in [6, 6.07) is 1.52. The number of aromatic nitrogens is 1. The smallest absolute Gasteiger partial charge is 0.337 e. The van der Waals surface area contributed by atoms with E-state index in [-0.39, 0.29) is 22.7 Å². The van der Waals surface area contributed by atoms with E-state index >= 15 is 0 Å². The zero-order valence-electron chi connectivity index (χ0n) is 10.6. The third kappa shape index (κ3) is 3.09. The number of carboxylic acid groups (broad SMARTS) is 1. The van der Waals surface area contributed by atoms with Gasteiger partial charge < -0.3 is 16.2 Å². The number of nitrogen functional groups attached to an aromatic ring is 1. The third-order valence-corrected chi connectivity index (χ3v) is 2.87. The van der Waals surface area contributed by atoms with Crippen LogP contribution in [-0.2, 0) is 0 Å². The fourth-order valence-electron chi connectivity index (χ4n) is 1.20. The van der Waals surface area contributed by atoms with E-state index in [9.17, 15) is 4.79 Å². The van der Waals surface area contributed by atoms with E-state index in [4.69, 9.17) is 10.8 Å². The number of nitrogens with one attached hydrogen (secondary N) is 1. The fourth-order valence-corrected chi connectivity index (χ4v) is 1.20. The monoisotopic (exact) mass is 237 g/mol. The zero-order chi connectivity index (χ0) is 13.2. The molecule has 0 fully saturated rings. The van der Waals surface area contributed by atoms with Crippen molar-refractivity contribution in [2.45, 2.75) is 33.7 Å². The number of hydrogen-bond acceptors (Lipinski definition) is 4. The van der Waals surface area contributed by atoms with Gasteiger partial charge in [-0.1, -0.05) is 20.8 Å². The molecular weight excluding hydrogens is 218 g/mol. The molecular formula is C12H19N3O2. The van der Waals surface area contributed by atoms with Crippen molar-refractivity contribution in [2.24, 2.45) is 5.41 Å². The molecule has 0 spiro atoms. The van der Waals surface area contributed by atoms with Crippen LogP contribution in [0.2, 0.25) is 0 Å². The van der Waals surface area contributed by atoms with Crippen LogP contribution >= 0.6 is 0 Å². The molecule has 1 unspecified atom stereocenters. The molecule has 0 saturated heterocycles. The molecule has 0 aromatic carbocycles. The molecule has 1 aromatic rings. The maximum absolute atomic E-state index is 10.9. The summed E-state index contributed by atoms with van der Waals surface area (Å²) in [5, 5.41) is 12.1. The van der Waals surface area contributed by atoms with E-state index < -0.39 is 5.97 Å². The number of aromatic carboxylic acids is 1. The first kappa shape index (κ1) is 13.3. The molecule has 0 aliphatic carbocycles. The van der Waals surface area contributed by atoms with Crippen molar-refractivity contribution in [3.63, 3.8) is 0 Å². The highest BCUT2D eigenvalue weighted by atomic mass is 16.4. The van der Waals surface area contributed by atoms with Crippen LogP contribution in [0.1, 0.15) is 38.1 Å². The third-order valence-electron chi connectivity index (χ3n) is 2.87. The van der Waals surface area contributed by atoms with Crippen LogP contribution in [0.25, 0.3) is 0 Å². The van der Waals surface area contributed by atoms with Crippen LogP contribution in [0.5, 0.6) is 0 Å². The summed E-state index contributed by atoms with van der Waals surface area (Å²) in [5.74, 6) is -0.622. The Kier molecular flexibility index (Phi) is 3.60. The van der Waals surface area contributed by atoms with Crippen molar-refractivity contribution < 1.29 is 9.90 Å². The van der Waals surface area contributed by atoms with Gasteiger partial charge in [0.25, 0.3) is 0 Å². The first-order valence-electron chi connectivity index (χ1n) is 5.47. The molecule has 0 saturated carbocycles. The molecule has 0 amide bonds. The Morgan fingerprint density at radius 2 is 2.12 bits per heavy atom. The second-order valence-corrected chi connectivity index (χ2v) is 5.16. The molecule has 0 aliphatic heterocycles. The van der Waals surface area contributed by atoms with Gasteiger partial charge in [0.15, 0.2) is 0 Å². The van der Waals surface area contributed by atoms with E-state index in [0.29, 0.717) is 5.82 Å². The lowest BCUT2D eigenvalue weighted by molar-refractivity contribution is 0.0698. The highest BCUT2D eigenvalue weighted by molar-refractivity contribution is 5.96. The van der Waals surface area contributed by atoms with Gasteiger partial charge in [0, 0.05) is 12.2 Å². The molecule has 4 N–H and O–H groups in total. The predicted molar refractivity (Wildman–Crippen MR) is 68.1 cm³/mol. The molecule has 1 heterocycles. The standard InChI is InChI=1S/C12H19N3O2/c1-7(12(2,3)4)15-10-9(13)8(11(16)17)5-6-14-10/h5-7H,13H2,1-4H3,(H,14,15)(H,16,17). The second kappa shape index (κ2) is 4.61. The Hall–Kier alpha value is -1.78. The number of carbonyl (C=O) groups is 1. The van der Waals surface area contributed by atoms with Crippen LogP contribution < -0.4 is 11.1 Å². The Bertz CT molecular complexity index is 424. The van der Waals surface area contributed by atoms with Crippen molar-refractivity contribution in [1.82, 2.24) is 4.98 Å². The van der Waals surface area contributed by atoms with Crippen LogP contribution in [0.15, 0.2) is 12.3 Å². The average molecular weight is 237 g/mol. The van der Waals surface area contributed by atoms with Gasteiger partial charge in [-0.3, -0.25) is 0 Å². The lowest BCUT2D eigenvalue weighted by Crippen LogP contribution is -2.31. The highest BCUT2D eigenvalue weighted by Gasteiger charge is 2.22. The minimum absolute atomic E-state index is 0.0351. The van der Waals surface area contributed by atoms with E-state index in [2.05, 4.69) is 31.1 Å². The van der Waals surface area contributed by atoms with E-state index in [1.165, 1.54) is 12.3 Å². The summed E-state index contributed by atoms with van der Waals surface area (Å²) in [5.41, 5.74) is 6.05. The number of nitrogens with two attached hydrogens (primary N) is 1. The van der Waals surface area contributed by atoms with Crippen LogP contribution in [0, 0.1) is 5.41 Å². The number of hydrogen-bond donors (Lipinski definition) is 3. The first-order valence-corrected chi connectivity index (χ1v) is 5.47. The summed E-state index contributed by atoms with van der Waals surface area (Å²) in [7, 11) is 0. The van der Waals surface area contributed by atoms with Gasteiger partial charge in [-0.25, -0.2) is 9.78 Å². The molecule has 5 nitrogen and oxygen atoms in total. The van der Waals surface area contributed by atoms with E-state index in [1.54, 1.807) is 0 Å². The molecule has 94 valence electrons. The minimum Gasteiger partial charge on any atom is -0.478 e. The Morgan fingerprint density at radius 1 is 1.53 bits per heavy atom. The Labute approximate surface area is 101 Å². The molecule has 1 atom stereocenters. The largest absolute Gasteiger partial charge is 0.478 e. The quantitative estimate of drug-likeness (QED) is 0.750. The molecule has 0 aliphatic rings. The van der Waals surface area contributed by atoms with Crippen LogP contribution in [0.4, 0.5) is 11.5 Å². The molecule has 1 rings (SSSR count). The molecule has 5 heteroatoms. The molecule has 0 bridgehead atoms. The van der Waals surface area contributed by atoms with Crippen molar-refractivity contribution >= 4 is 17.5 Å². The molecule has 1 aromatic heterocycles. The number of carboxylic acids is 1. The lowest BCUT2D eigenvalue weighted by atomic mass is 9.88. The number of anilines is 2. The van der Waals surface area contributed by atoms with Crippen molar-refractivity contribution in [2.75, 3.05) is 11.1 Å². The SMILES string of the molecule is CC(Nc1nccc(C(=O)O)c1N)C(C)(C)C. The van der Waals surface area contributed by atoms with E-state index in [1.807, 2.05) is 6.92 Å². The zero-order valence-corrected chi connectivity index (χ0v) is 10.6. The summed E-state index contributed by atoms with van der Waals surface area (Å²) >= 11 is 0. The van der Waals surface area contributed by atoms with Gasteiger partial charge in [-0.15, -0.1) is 0 Å². The van der Waals surface area contributed by atoms with Gasteiger partial charge in [0.1, 0.15) is 5.82 Å². The van der Waals surface area contributed by atoms with Crippen molar-refractivity contribution in [1.29, 1.82) is 0 Å². The summed E-state index contributed by atoms with van der Waals surface area (Å²) in [4.78, 5) is 15.0. The van der Waals surface area contributed by atoms with Gasteiger partial charge >= 0.3 is 5.97 Å². The summed E-state index contributed by atoms with van der Waals surface area (Å²) < 4.78 is 0. The maximum Gasteiger partial charge on any atom is 0.337 e. The van der Waals surface area contributed by atoms with Gasteiger partial charge in [0.2, 0.25) is 0 Å². The average Bonchev–Trinajstić information content (AvgIpc) is 2.19. The van der Waals surface area contributed by atoms with Gasteiger partial charge in [-0.05, 0) is 18.4 Å². The Morgan fingerprint density at radius 3 is 2.59 bits per heavy atom. The summed E-state index contributed by atoms with van der Waals surface area (Å²) in [6.45, 7) is 8.26. The van der Waals surface area contributed by atoms with Crippen molar-refractivity contribution in [3.05, 3.63) is 17.8 Å². The summed E-state index contributed by atoms with van der Waals surface area (Å²) in [6.07, 6.45) is 1.44. The lowest BCUT2D eigenvalue weighted by Gasteiger charge is -2.29. The van der Waals surface area contributed by atoms with Crippen LogP contribution in [0.3, 0.4) is 0 Å². The topological polar surface area (TPSA) is 88.2 Å². The number of nitrogens with zero attached hydrogens (tertiary/aromatic N) is 1. The number of pyridine rings is 1. The first-order chi connectivity index (χ1) is 7.73. The normalized spacial score (nSPS) is 13.2. The van der Waals surface area contributed by atoms with Crippen LogP contribution in [-0.4, -0.2) is 22.1 Å². The maximum atomic E-state index is 10.9. The highest BCUT2D eigenvalue weighted by Crippen LogP contribution is 2.26. The minimum atomic E-state index is -1.05. The van der Waals surface area contributed by atoms with Gasteiger partial charge in [-0.2, -0.15) is 0 Å². The van der Waals surface area contributed by atoms with Crippen molar-refractivity contribution in [3.8, 4) is 0 Å². The second-order valence-electron chi connectivity index (χ2n) is 5.16. The molecule has 0 radical (unpaired) electrons. The predicted octanol–water partition coefficient (Wildman–Crippen LogP) is 2.21. The Balaban J connectivity index is 3.01. The molecule has 17 heavy (non-hydrogen) atoms. The van der Waals surface area contributed by atoms with E-state index in [0.717, 1.165) is 0 Å². The fraction of sp³-hybridized carbons (Fsp3) is 0.500. The van der Waals surface area contributed by atoms with Gasteiger partial charge in [0.05, 0.1) is 11.3 Å².